The normalized spacial score (nSPS) is 8.08. The molecule has 12 heavy (non-hydrogen) atoms. The molecule has 5 heteroatoms. The molecule has 0 nitrogen and oxygen atoms in total. The van der Waals surface area contributed by atoms with Gasteiger partial charge in [-0.1, -0.05) is 6.07 Å². The molecule has 0 atom stereocenters. The van der Waals surface area contributed by atoms with E-state index in [0.717, 1.165) is 6.07 Å². The van der Waals surface area contributed by atoms with E-state index in [2.05, 4.69) is 0 Å². The predicted octanol–water partition coefficient (Wildman–Crippen LogP) is 3.65. The van der Waals surface area contributed by atoms with Crippen molar-refractivity contribution in [3.63, 3.8) is 0 Å². The quantitative estimate of drug-likeness (QED) is 0.627. The summed E-state index contributed by atoms with van der Waals surface area (Å²) in [6, 6.07) is 3.51. The van der Waals surface area contributed by atoms with E-state index in [1.54, 1.807) is 6.92 Å². The minimum atomic E-state index is -0.931. The number of rotatable bonds is 0. The van der Waals surface area contributed by atoms with Gasteiger partial charge >= 0.3 is 34.5 Å². The maximum absolute atomic E-state index is 12.3. The zero-order valence-corrected chi connectivity index (χ0v) is 10.9. The van der Waals surface area contributed by atoms with Crippen molar-refractivity contribution < 1.29 is 23.9 Å². The van der Waals surface area contributed by atoms with E-state index >= 15 is 0 Å². The van der Waals surface area contributed by atoms with Gasteiger partial charge in [0.2, 0.25) is 0 Å². The van der Waals surface area contributed by atoms with Crippen molar-refractivity contribution in [2.24, 2.45) is 0 Å². The second-order valence-electron chi connectivity index (χ2n) is 1.99. The Bertz CT molecular complexity index is 243. The molecule has 1 aromatic carbocycles. The van der Waals surface area contributed by atoms with E-state index in [1.165, 1.54) is 12.1 Å². The molecular weight excluding hydrogens is 258 g/mol. The second kappa shape index (κ2) is 6.76. The monoisotopic (exact) mass is 262 g/mol. The second-order valence-corrected chi connectivity index (χ2v) is 6.62. The summed E-state index contributed by atoms with van der Waals surface area (Å²) in [6.45, 7) is 1.59. The van der Waals surface area contributed by atoms with Crippen LogP contribution in [0.2, 0.25) is 0 Å². The molecule has 0 aromatic heterocycles. The molecule has 0 amide bonds. The van der Waals surface area contributed by atoms with Crippen molar-refractivity contribution in [1.82, 2.24) is 0 Å². The summed E-state index contributed by atoms with van der Waals surface area (Å²) in [6.07, 6.45) is 0. The van der Waals surface area contributed by atoms with Crippen molar-refractivity contribution in [3.05, 3.63) is 35.4 Å². The minimum absolute atomic E-state index is 0.469. The van der Waals surface area contributed by atoms with Crippen molar-refractivity contribution in [1.29, 1.82) is 0 Å². The summed E-state index contributed by atoms with van der Waals surface area (Å²) in [7, 11) is 9.90. The first-order chi connectivity index (χ1) is 5.61. The van der Waals surface area contributed by atoms with Crippen LogP contribution < -0.4 is 0 Å². The first kappa shape index (κ1) is 12.3. The average molecular weight is 264 g/mol. The van der Waals surface area contributed by atoms with Crippen molar-refractivity contribution in [3.8, 4) is 0 Å². The van der Waals surface area contributed by atoms with Gasteiger partial charge in [0.05, 0.1) is 0 Å². The van der Waals surface area contributed by atoms with Crippen LogP contribution in [0.25, 0.3) is 0 Å². The molecular formula is C7H6Cl2F2Zn. The van der Waals surface area contributed by atoms with Gasteiger partial charge in [-0.2, -0.15) is 0 Å². The maximum atomic E-state index is 12.3. The van der Waals surface area contributed by atoms with E-state index in [0.29, 0.717) is 5.56 Å². The van der Waals surface area contributed by atoms with E-state index < -0.39 is 26.8 Å². The van der Waals surface area contributed by atoms with Gasteiger partial charge in [0.1, 0.15) is 11.6 Å². The summed E-state index contributed by atoms with van der Waals surface area (Å²) in [5, 5.41) is 0. The molecule has 0 spiro atoms. The average Bonchev–Trinajstić information content (AvgIpc) is 1.99. The SMILES string of the molecule is Cc1ccc(F)cc1F.[Cl][Zn][Cl]. The standard InChI is InChI=1S/C7H6F2.2ClH.Zn/c1-5-2-3-6(8)4-7(5)9;;;/h2-4H,1H3;2*1H;/q;;;+2/p-2. The summed E-state index contributed by atoms with van der Waals surface area (Å²) in [5.74, 6) is -1.02. The zero-order valence-electron chi connectivity index (χ0n) is 6.45. The van der Waals surface area contributed by atoms with Crippen LogP contribution in [-0.4, -0.2) is 0 Å². The summed E-state index contributed by atoms with van der Waals surface area (Å²) < 4.78 is 24.4. The molecule has 0 aliphatic heterocycles. The van der Waals surface area contributed by atoms with Gasteiger partial charge in [-0.3, -0.25) is 0 Å². The molecule has 0 fully saturated rings. The molecule has 64 valence electrons. The molecule has 0 aliphatic rings. The van der Waals surface area contributed by atoms with Gasteiger partial charge in [-0.25, -0.2) is 8.78 Å². The van der Waals surface area contributed by atoms with Crippen molar-refractivity contribution in [2.75, 3.05) is 0 Å². The van der Waals surface area contributed by atoms with Gasteiger partial charge in [-0.05, 0) is 18.6 Å². The van der Waals surface area contributed by atoms with E-state index in [9.17, 15) is 8.78 Å². The number of benzene rings is 1. The fraction of sp³-hybridized carbons (Fsp3) is 0.143. The summed E-state index contributed by atoms with van der Waals surface area (Å²) >= 11 is -0.931. The first-order valence-corrected chi connectivity index (χ1v) is 10.9. The van der Waals surface area contributed by atoms with Crippen LogP contribution in [0.1, 0.15) is 5.56 Å². The molecule has 0 bridgehead atoms. The Hall–Kier alpha value is 0.283. The number of hydrogen-bond donors (Lipinski definition) is 0. The van der Waals surface area contributed by atoms with Crippen LogP contribution in [-0.2, 0) is 15.1 Å². The van der Waals surface area contributed by atoms with E-state index in [1.807, 2.05) is 0 Å². The van der Waals surface area contributed by atoms with Crippen molar-refractivity contribution >= 4 is 19.4 Å². The molecule has 1 rings (SSSR count). The fourth-order valence-electron chi connectivity index (χ4n) is 0.567. The number of halogens is 4. The van der Waals surface area contributed by atoms with Gasteiger partial charge in [0.25, 0.3) is 0 Å². The molecule has 0 unspecified atom stereocenters. The Kier molecular flexibility index (Phi) is 6.92. The van der Waals surface area contributed by atoms with Crippen LogP contribution in [0.5, 0.6) is 0 Å². The Morgan fingerprint density at radius 2 is 1.75 bits per heavy atom. The molecule has 1 aromatic rings. The number of aryl methyl sites for hydroxylation is 1. The fourth-order valence-corrected chi connectivity index (χ4v) is 0.567. The van der Waals surface area contributed by atoms with Crippen LogP contribution in [0.15, 0.2) is 18.2 Å². The van der Waals surface area contributed by atoms with Crippen molar-refractivity contribution in [2.45, 2.75) is 6.92 Å². The first-order valence-electron chi connectivity index (χ1n) is 3.15. The van der Waals surface area contributed by atoms with E-state index in [-0.39, 0.29) is 0 Å². The number of hydrogen-bond acceptors (Lipinski definition) is 0. The molecule has 0 saturated carbocycles. The van der Waals surface area contributed by atoms with Crippen LogP contribution >= 0.6 is 19.4 Å². The Balaban J connectivity index is 0.000000354. The zero-order chi connectivity index (χ0) is 9.56. The molecule has 0 N–H and O–H groups in total. The molecule has 0 saturated heterocycles. The van der Waals surface area contributed by atoms with E-state index in [4.69, 9.17) is 19.4 Å². The van der Waals surface area contributed by atoms with Gasteiger partial charge in [-0.15, -0.1) is 0 Å². The van der Waals surface area contributed by atoms with Crippen LogP contribution in [0.4, 0.5) is 8.78 Å². The molecule has 0 aliphatic carbocycles. The van der Waals surface area contributed by atoms with Gasteiger partial charge < -0.3 is 0 Å². The summed E-state index contributed by atoms with van der Waals surface area (Å²) in [4.78, 5) is 0. The molecule has 0 heterocycles. The Morgan fingerprint density at radius 3 is 2.08 bits per heavy atom. The third-order valence-electron chi connectivity index (χ3n) is 1.13. The Morgan fingerprint density at radius 1 is 1.25 bits per heavy atom. The molecule has 0 radical (unpaired) electrons. The van der Waals surface area contributed by atoms with Crippen LogP contribution in [0, 0.1) is 18.6 Å². The van der Waals surface area contributed by atoms with Gasteiger partial charge in [0, 0.05) is 6.07 Å². The third kappa shape index (κ3) is 5.02. The topological polar surface area (TPSA) is 0 Å². The third-order valence-corrected chi connectivity index (χ3v) is 1.13. The predicted molar refractivity (Wildman–Crippen MR) is 42.8 cm³/mol. The van der Waals surface area contributed by atoms with Crippen LogP contribution in [0.3, 0.4) is 0 Å². The summed E-state index contributed by atoms with van der Waals surface area (Å²) in [5.41, 5.74) is 0.469. The van der Waals surface area contributed by atoms with Gasteiger partial charge in [0.15, 0.2) is 0 Å². The Labute approximate surface area is 85.6 Å².